The lowest BCUT2D eigenvalue weighted by Crippen LogP contribution is -2.40. The highest BCUT2D eigenvalue weighted by atomic mass is 32.1. The molecule has 78 valence electrons. The zero-order valence-electron chi connectivity index (χ0n) is 7.47. The number of carbonyl (C=O) groups excluding carboxylic acids is 2. The smallest absolute Gasteiger partial charge is 0.326 e. The van der Waals surface area contributed by atoms with Crippen LogP contribution in [0.3, 0.4) is 0 Å². The Kier molecular flexibility index (Phi) is 3.51. The van der Waals surface area contributed by atoms with Crippen molar-refractivity contribution in [3.05, 3.63) is 0 Å². The van der Waals surface area contributed by atoms with E-state index in [-0.39, 0.29) is 31.1 Å². The van der Waals surface area contributed by atoms with Crippen LogP contribution < -0.4 is 0 Å². The minimum atomic E-state index is -1.12. The summed E-state index contributed by atoms with van der Waals surface area (Å²) in [4.78, 5) is 34.2. The standard InChI is InChI=1S/C8H11NO4S/c10-5-3-6(8(12)13)9(4-5)7(11)1-2-14/h6,14H,1-4H2,(H,12,13). The van der Waals surface area contributed by atoms with Gasteiger partial charge < -0.3 is 10.0 Å². The van der Waals surface area contributed by atoms with E-state index >= 15 is 0 Å². The van der Waals surface area contributed by atoms with Gasteiger partial charge in [-0.3, -0.25) is 9.59 Å². The number of aliphatic carboxylic acids is 1. The Morgan fingerprint density at radius 1 is 1.57 bits per heavy atom. The average Bonchev–Trinajstić information content (AvgIpc) is 2.48. The molecule has 1 saturated heterocycles. The lowest BCUT2D eigenvalue weighted by molar-refractivity contribution is -0.148. The van der Waals surface area contributed by atoms with Crippen LogP contribution >= 0.6 is 12.6 Å². The third-order valence-corrected chi connectivity index (χ3v) is 2.30. The molecular formula is C8H11NO4S. The Morgan fingerprint density at radius 2 is 2.21 bits per heavy atom. The lowest BCUT2D eigenvalue weighted by atomic mass is 10.2. The van der Waals surface area contributed by atoms with Gasteiger partial charge in [-0.15, -0.1) is 0 Å². The molecule has 0 aliphatic carbocycles. The molecule has 0 aromatic carbocycles. The van der Waals surface area contributed by atoms with Crippen molar-refractivity contribution >= 4 is 30.3 Å². The molecule has 1 unspecified atom stereocenters. The van der Waals surface area contributed by atoms with E-state index in [1.54, 1.807) is 0 Å². The van der Waals surface area contributed by atoms with Crippen molar-refractivity contribution in [1.82, 2.24) is 4.90 Å². The summed E-state index contributed by atoms with van der Waals surface area (Å²) in [6, 6.07) is -0.977. The predicted molar refractivity (Wildman–Crippen MR) is 51.2 cm³/mol. The largest absolute Gasteiger partial charge is 0.480 e. The molecule has 0 radical (unpaired) electrons. The van der Waals surface area contributed by atoms with Gasteiger partial charge in [0.1, 0.15) is 6.04 Å². The zero-order valence-corrected chi connectivity index (χ0v) is 8.37. The molecule has 1 aliphatic rings. The van der Waals surface area contributed by atoms with E-state index in [9.17, 15) is 14.4 Å². The van der Waals surface area contributed by atoms with Gasteiger partial charge in [0.15, 0.2) is 5.78 Å². The first-order valence-electron chi connectivity index (χ1n) is 4.21. The molecule has 1 fully saturated rings. The lowest BCUT2D eigenvalue weighted by Gasteiger charge is -2.19. The van der Waals surface area contributed by atoms with Gasteiger partial charge in [-0.1, -0.05) is 0 Å². The van der Waals surface area contributed by atoms with Gasteiger partial charge in [-0.2, -0.15) is 12.6 Å². The van der Waals surface area contributed by atoms with E-state index in [1.165, 1.54) is 0 Å². The first-order chi connectivity index (χ1) is 6.56. The fourth-order valence-corrected chi connectivity index (χ4v) is 1.60. The van der Waals surface area contributed by atoms with Crippen LogP contribution in [0.2, 0.25) is 0 Å². The minimum Gasteiger partial charge on any atom is -0.480 e. The molecule has 1 rings (SSSR count). The van der Waals surface area contributed by atoms with Gasteiger partial charge >= 0.3 is 5.97 Å². The number of hydrogen-bond donors (Lipinski definition) is 2. The Balaban J connectivity index is 2.71. The quantitative estimate of drug-likeness (QED) is 0.628. The fourth-order valence-electron chi connectivity index (χ4n) is 1.41. The molecule has 14 heavy (non-hydrogen) atoms. The number of thiol groups is 1. The van der Waals surface area contributed by atoms with E-state index in [0.717, 1.165) is 4.90 Å². The van der Waals surface area contributed by atoms with Crippen LogP contribution in [0.25, 0.3) is 0 Å². The van der Waals surface area contributed by atoms with Crippen molar-refractivity contribution in [3.8, 4) is 0 Å². The molecule has 1 amide bonds. The second-order valence-corrected chi connectivity index (χ2v) is 3.54. The Hall–Kier alpha value is -1.04. The van der Waals surface area contributed by atoms with Crippen LogP contribution in [0.4, 0.5) is 0 Å². The highest BCUT2D eigenvalue weighted by Gasteiger charge is 2.38. The SMILES string of the molecule is O=C1CC(C(=O)O)N(C(=O)CCS)C1. The maximum atomic E-state index is 11.4. The van der Waals surface area contributed by atoms with Crippen LogP contribution in [0, 0.1) is 0 Å². The number of likely N-dealkylation sites (tertiary alicyclic amines) is 1. The van der Waals surface area contributed by atoms with Crippen LogP contribution in [0.15, 0.2) is 0 Å². The van der Waals surface area contributed by atoms with Crippen molar-refractivity contribution in [2.45, 2.75) is 18.9 Å². The number of carbonyl (C=O) groups is 3. The Morgan fingerprint density at radius 3 is 2.71 bits per heavy atom. The first kappa shape index (κ1) is 11.0. The van der Waals surface area contributed by atoms with Gasteiger partial charge in [-0.25, -0.2) is 4.79 Å². The highest BCUT2D eigenvalue weighted by Crippen LogP contribution is 2.15. The molecule has 0 spiro atoms. The van der Waals surface area contributed by atoms with Crippen molar-refractivity contribution in [2.24, 2.45) is 0 Å². The molecule has 0 aromatic heterocycles. The molecule has 0 aromatic rings. The van der Waals surface area contributed by atoms with Crippen LogP contribution in [-0.2, 0) is 14.4 Å². The number of rotatable bonds is 3. The van der Waals surface area contributed by atoms with Crippen molar-refractivity contribution in [2.75, 3.05) is 12.3 Å². The number of carboxylic acids is 1. The van der Waals surface area contributed by atoms with Gasteiger partial charge in [0, 0.05) is 12.8 Å². The van der Waals surface area contributed by atoms with Crippen molar-refractivity contribution in [3.63, 3.8) is 0 Å². The number of carboxylic acid groups (broad SMARTS) is 1. The van der Waals surface area contributed by atoms with E-state index < -0.39 is 12.0 Å². The number of ketones is 1. The zero-order chi connectivity index (χ0) is 10.7. The third-order valence-electron chi connectivity index (χ3n) is 2.08. The summed E-state index contributed by atoms with van der Waals surface area (Å²) in [6.07, 6.45) is 0.0911. The van der Waals surface area contributed by atoms with Gasteiger partial charge in [0.2, 0.25) is 5.91 Å². The first-order valence-corrected chi connectivity index (χ1v) is 4.84. The Bertz CT molecular complexity index is 279. The molecule has 0 saturated carbocycles. The summed E-state index contributed by atoms with van der Waals surface area (Å²) < 4.78 is 0. The molecular weight excluding hydrogens is 206 g/mol. The van der Waals surface area contributed by atoms with Gasteiger partial charge in [-0.05, 0) is 5.75 Å². The summed E-state index contributed by atoms with van der Waals surface area (Å²) in [6.45, 7) is -0.0798. The monoisotopic (exact) mass is 217 g/mol. The molecule has 1 heterocycles. The number of nitrogens with zero attached hydrogens (tertiary/aromatic N) is 1. The highest BCUT2D eigenvalue weighted by molar-refractivity contribution is 7.80. The third kappa shape index (κ3) is 2.25. The molecule has 1 aliphatic heterocycles. The molecule has 1 atom stereocenters. The maximum absolute atomic E-state index is 11.4. The summed E-state index contributed by atoms with van der Waals surface area (Å²) in [5, 5.41) is 8.75. The Labute approximate surface area is 86.5 Å². The number of Topliss-reactive ketones (excluding diaryl/α,β-unsaturated/α-hetero) is 1. The van der Waals surface area contributed by atoms with E-state index in [1.807, 2.05) is 0 Å². The topological polar surface area (TPSA) is 74.7 Å². The summed E-state index contributed by atoms with van der Waals surface area (Å²) in [7, 11) is 0. The average molecular weight is 217 g/mol. The minimum absolute atomic E-state index is 0.0757. The van der Waals surface area contributed by atoms with Crippen molar-refractivity contribution in [1.29, 1.82) is 0 Å². The van der Waals surface area contributed by atoms with E-state index in [4.69, 9.17) is 5.11 Å². The van der Waals surface area contributed by atoms with E-state index in [0.29, 0.717) is 5.75 Å². The number of amides is 1. The van der Waals surface area contributed by atoms with Crippen LogP contribution in [0.1, 0.15) is 12.8 Å². The summed E-state index contributed by atoms with van der Waals surface area (Å²) in [5.74, 6) is -1.29. The number of hydrogen-bond acceptors (Lipinski definition) is 4. The molecule has 0 bridgehead atoms. The normalized spacial score (nSPS) is 21.4. The van der Waals surface area contributed by atoms with Crippen LogP contribution in [-0.4, -0.2) is 46.0 Å². The van der Waals surface area contributed by atoms with Gasteiger partial charge in [0.05, 0.1) is 6.54 Å². The molecule has 6 heteroatoms. The van der Waals surface area contributed by atoms with Crippen LogP contribution in [0.5, 0.6) is 0 Å². The second kappa shape index (κ2) is 4.45. The van der Waals surface area contributed by atoms with E-state index in [2.05, 4.69) is 12.6 Å². The molecule has 1 N–H and O–H groups in total. The second-order valence-electron chi connectivity index (χ2n) is 3.09. The predicted octanol–water partition coefficient (Wildman–Crippen LogP) is -0.439. The molecule has 5 nitrogen and oxygen atoms in total. The summed E-state index contributed by atoms with van der Waals surface area (Å²) in [5.41, 5.74) is 0. The van der Waals surface area contributed by atoms with Crippen molar-refractivity contribution < 1.29 is 19.5 Å². The fraction of sp³-hybridized carbons (Fsp3) is 0.625. The maximum Gasteiger partial charge on any atom is 0.326 e. The summed E-state index contributed by atoms with van der Waals surface area (Å²) >= 11 is 3.88. The van der Waals surface area contributed by atoms with Gasteiger partial charge in [0.25, 0.3) is 0 Å².